The monoisotopic (exact) mass is 404 g/mol. The van der Waals surface area contributed by atoms with Crippen LogP contribution < -0.4 is 4.74 Å². The largest absolute Gasteiger partial charge is 0.497 e. The molecular weight excluding hydrogens is 380 g/mol. The minimum absolute atomic E-state index is 0.104. The summed E-state index contributed by atoms with van der Waals surface area (Å²) < 4.78 is 10.6. The number of fused-ring (bicyclic) bond motifs is 1. The second-order valence-corrected chi connectivity index (χ2v) is 7.44. The molecule has 2 amide bonds. The highest BCUT2D eigenvalue weighted by molar-refractivity contribution is 5.96. The molecular formula is C24H24N2O4. The second-order valence-electron chi connectivity index (χ2n) is 7.44. The maximum atomic E-state index is 13.4. The molecule has 2 aromatic carbocycles. The topological polar surface area (TPSA) is 63.0 Å². The molecule has 2 heterocycles. The number of methoxy groups -OCH3 is 1. The molecule has 154 valence electrons. The van der Waals surface area contributed by atoms with E-state index in [4.69, 9.17) is 9.15 Å². The van der Waals surface area contributed by atoms with Crippen LogP contribution in [0.15, 0.2) is 71.3 Å². The molecule has 4 rings (SSSR count). The third-order valence-corrected chi connectivity index (χ3v) is 5.46. The Balaban J connectivity index is 1.59. The van der Waals surface area contributed by atoms with Crippen LogP contribution in [-0.2, 0) is 24.3 Å². The van der Waals surface area contributed by atoms with Crippen molar-refractivity contribution in [2.24, 2.45) is 0 Å². The molecule has 0 bridgehead atoms. The fraction of sp³-hybridized carbons (Fsp3) is 0.250. The van der Waals surface area contributed by atoms with Crippen LogP contribution in [-0.4, -0.2) is 41.8 Å². The summed E-state index contributed by atoms with van der Waals surface area (Å²) in [5, 5.41) is 0. The van der Waals surface area contributed by atoms with Crippen molar-refractivity contribution in [3.05, 3.63) is 89.4 Å². The SMILES string of the molecule is COc1cccc(CN(C)C(=O)C2Cc3ccccc3CN2C(=O)c2ccco2)c1. The summed E-state index contributed by atoms with van der Waals surface area (Å²) >= 11 is 0. The third-order valence-electron chi connectivity index (χ3n) is 5.46. The zero-order chi connectivity index (χ0) is 21.1. The van der Waals surface area contributed by atoms with E-state index in [-0.39, 0.29) is 17.6 Å². The van der Waals surface area contributed by atoms with E-state index < -0.39 is 6.04 Å². The number of amides is 2. The van der Waals surface area contributed by atoms with Gasteiger partial charge in [-0.25, -0.2) is 0 Å². The second kappa shape index (κ2) is 8.45. The molecule has 6 nitrogen and oxygen atoms in total. The quantitative estimate of drug-likeness (QED) is 0.653. The Hall–Kier alpha value is -3.54. The van der Waals surface area contributed by atoms with Gasteiger partial charge in [0.25, 0.3) is 5.91 Å². The average Bonchev–Trinajstić information content (AvgIpc) is 3.32. The van der Waals surface area contributed by atoms with Crippen LogP contribution in [0.5, 0.6) is 5.75 Å². The number of carbonyl (C=O) groups is 2. The first-order chi connectivity index (χ1) is 14.6. The first-order valence-corrected chi connectivity index (χ1v) is 9.86. The molecule has 1 aromatic heterocycles. The van der Waals surface area contributed by atoms with Gasteiger partial charge in [0.15, 0.2) is 5.76 Å². The summed E-state index contributed by atoms with van der Waals surface area (Å²) in [4.78, 5) is 29.8. The van der Waals surface area contributed by atoms with E-state index in [1.807, 2.05) is 48.5 Å². The normalized spacial score (nSPS) is 15.4. The first-order valence-electron chi connectivity index (χ1n) is 9.86. The Kier molecular flexibility index (Phi) is 5.57. The number of hydrogen-bond donors (Lipinski definition) is 0. The zero-order valence-corrected chi connectivity index (χ0v) is 17.1. The Bertz CT molecular complexity index is 1040. The van der Waals surface area contributed by atoms with Crippen molar-refractivity contribution >= 4 is 11.8 Å². The van der Waals surface area contributed by atoms with Crippen LogP contribution in [0.25, 0.3) is 0 Å². The van der Waals surface area contributed by atoms with E-state index in [1.165, 1.54) is 6.26 Å². The van der Waals surface area contributed by atoms with Crippen molar-refractivity contribution in [3.8, 4) is 5.75 Å². The van der Waals surface area contributed by atoms with Gasteiger partial charge < -0.3 is 19.0 Å². The minimum Gasteiger partial charge on any atom is -0.497 e. The molecule has 3 aromatic rings. The number of rotatable bonds is 5. The van der Waals surface area contributed by atoms with Crippen molar-refractivity contribution in [1.82, 2.24) is 9.80 Å². The number of carbonyl (C=O) groups excluding carboxylic acids is 2. The van der Waals surface area contributed by atoms with Gasteiger partial charge in [0.1, 0.15) is 11.8 Å². The molecule has 1 unspecified atom stereocenters. The van der Waals surface area contributed by atoms with E-state index >= 15 is 0 Å². The number of likely N-dealkylation sites (N-methyl/N-ethyl adjacent to an activating group) is 1. The maximum absolute atomic E-state index is 13.4. The highest BCUT2D eigenvalue weighted by Crippen LogP contribution is 2.26. The van der Waals surface area contributed by atoms with Gasteiger partial charge in [-0.15, -0.1) is 0 Å². The number of hydrogen-bond acceptors (Lipinski definition) is 4. The molecule has 30 heavy (non-hydrogen) atoms. The highest BCUT2D eigenvalue weighted by Gasteiger charge is 2.37. The van der Waals surface area contributed by atoms with Crippen LogP contribution >= 0.6 is 0 Å². The van der Waals surface area contributed by atoms with Crippen LogP contribution in [0.2, 0.25) is 0 Å². The van der Waals surface area contributed by atoms with Gasteiger partial charge in [-0.2, -0.15) is 0 Å². The van der Waals surface area contributed by atoms with E-state index in [2.05, 4.69) is 0 Å². The molecule has 1 aliphatic rings. The Morgan fingerprint density at radius 1 is 1.10 bits per heavy atom. The van der Waals surface area contributed by atoms with Crippen LogP contribution in [0, 0.1) is 0 Å². The van der Waals surface area contributed by atoms with Crippen molar-refractivity contribution in [2.75, 3.05) is 14.2 Å². The van der Waals surface area contributed by atoms with Gasteiger partial charge in [0.05, 0.1) is 13.4 Å². The van der Waals surface area contributed by atoms with Crippen LogP contribution in [0.4, 0.5) is 0 Å². The summed E-state index contributed by atoms with van der Waals surface area (Å²) in [6.45, 7) is 0.802. The standard InChI is InChI=1S/C24H24N2O4/c1-25(15-17-7-5-10-20(13-17)29-2)23(27)21-14-18-8-3-4-9-19(18)16-26(21)24(28)22-11-6-12-30-22/h3-13,21H,14-16H2,1-2H3. The Labute approximate surface area is 175 Å². The van der Waals surface area contributed by atoms with Crippen molar-refractivity contribution in [1.29, 1.82) is 0 Å². The van der Waals surface area contributed by atoms with Gasteiger partial charge >= 0.3 is 0 Å². The van der Waals surface area contributed by atoms with Crippen LogP contribution in [0.1, 0.15) is 27.2 Å². The molecule has 1 aliphatic heterocycles. The highest BCUT2D eigenvalue weighted by atomic mass is 16.5. The third kappa shape index (κ3) is 3.94. The van der Waals surface area contributed by atoms with E-state index in [9.17, 15) is 9.59 Å². The predicted molar refractivity (Wildman–Crippen MR) is 112 cm³/mol. The molecule has 0 spiro atoms. The number of nitrogens with zero attached hydrogens (tertiary/aromatic N) is 2. The van der Waals surface area contributed by atoms with Crippen molar-refractivity contribution < 1.29 is 18.7 Å². The number of ether oxygens (including phenoxy) is 1. The summed E-state index contributed by atoms with van der Waals surface area (Å²) in [5.74, 6) is 0.604. The minimum atomic E-state index is -0.590. The molecule has 0 aliphatic carbocycles. The van der Waals surface area contributed by atoms with Crippen LogP contribution in [0.3, 0.4) is 0 Å². The molecule has 0 saturated carbocycles. The fourth-order valence-corrected chi connectivity index (χ4v) is 3.88. The molecule has 0 N–H and O–H groups in total. The number of benzene rings is 2. The van der Waals surface area contributed by atoms with E-state index in [1.54, 1.807) is 36.1 Å². The zero-order valence-electron chi connectivity index (χ0n) is 17.1. The van der Waals surface area contributed by atoms with E-state index in [0.29, 0.717) is 19.5 Å². The maximum Gasteiger partial charge on any atom is 0.290 e. The van der Waals surface area contributed by atoms with Gasteiger partial charge in [-0.05, 0) is 41.0 Å². The predicted octanol–water partition coefficient (Wildman–Crippen LogP) is 3.51. The molecule has 0 radical (unpaired) electrons. The van der Waals surface area contributed by atoms with Gasteiger partial charge in [-0.3, -0.25) is 9.59 Å². The average molecular weight is 404 g/mol. The Morgan fingerprint density at radius 2 is 1.90 bits per heavy atom. The lowest BCUT2D eigenvalue weighted by atomic mass is 9.93. The van der Waals surface area contributed by atoms with E-state index in [0.717, 1.165) is 22.4 Å². The molecule has 6 heteroatoms. The van der Waals surface area contributed by atoms with Gasteiger partial charge in [0.2, 0.25) is 5.91 Å². The summed E-state index contributed by atoms with van der Waals surface area (Å²) in [5.41, 5.74) is 3.11. The Morgan fingerprint density at radius 3 is 2.63 bits per heavy atom. The fourth-order valence-electron chi connectivity index (χ4n) is 3.88. The summed E-state index contributed by atoms with van der Waals surface area (Å²) in [7, 11) is 3.38. The lowest BCUT2D eigenvalue weighted by Gasteiger charge is -2.37. The summed E-state index contributed by atoms with van der Waals surface area (Å²) in [6.07, 6.45) is 1.95. The molecule has 1 atom stereocenters. The number of furan rings is 1. The van der Waals surface area contributed by atoms with Gasteiger partial charge in [-0.1, -0.05) is 36.4 Å². The smallest absolute Gasteiger partial charge is 0.290 e. The molecule has 0 fully saturated rings. The lowest BCUT2D eigenvalue weighted by molar-refractivity contribution is -0.135. The summed E-state index contributed by atoms with van der Waals surface area (Å²) in [6, 6.07) is 18.3. The van der Waals surface area contributed by atoms with Crippen molar-refractivity contribution in [2.45, 2.75) is 25.6 Å². The first kappa shape index (κ1) is 19.8. The van der Waals surface area contributed by atoms with Crippen molar-refractivity contribution in [3.63, 3.8) is 0 Å². The van der Waals surface area contributed by atoms with Gasteiger partial charge in [0, 0.05) is 26.6 Å². The lowest BCUT2D eigenvalue weighted by Crippen LogP contribution is -2.52. The molecule has 0 saturated heterocycles.